The van der Waals surface area contributed by atoms with Crippen LogP contribution in [0.15, 0.2) is 12.2 Å². The van der Waals surface area contributed by atoms with Gasteiger partial charge in [-0.1, -0.05) is 0 Å². The zero-order valence-electron chi connectivity index (χ0n) is 6.54. The summed E-state index contributed by atoms with van der Waals surface area (Å²) >= 11 is 0. The van der Waals surface area contributed by atoms with E-state index < -0.39 is 5.60 Å². The SMILES string of the molecule is CC1(CCCO)C=CC(=O)O1. The van der Waals surface area contributed by atoms with Gasteiger partial charge >= 0.3 is 5.97 Å². The van der Waals surface area contributed by atoms with E-state index >= 15 is 0 Å². The van der Waals surface area contributed by atoms with Gasteiger partial charge in [0.15, 0.2) is 0 Å². The van der Waals surface area contributed by atoms with E-state index in [1.165, 1.54) is 6.08 Å². The Hall–Kier alpha value is -0.830. The van der Waals surface area contributed by atoms with Crippen molar-refractivity contribution in [3.05, 3.63) is 12.2 Å². The number of aliphatic hydroxyl groups excluding tert-OH is 1. The molecule has 11 heavy (non-hydrogen) atoms. The molecule has 0 radical (unpaired) electrons. The van der Waals surface area contributed by atoms with Crippen molar-refractivity contribution in [1.82, 2.24) is 0 Å². The zero-order valence-corrected chi connectivity index (χ0v) is 6.54. The van der Waals surface area contributed by atoms with Gasteiger partial charge in [0.2, 0.25) is 0 Å². The lowest BCUT2D eigenvalue weighted by molar-refractivity contribution is -0.144. The Bertz CT molecular complexity index is 186. The van der Waals surface area contributed by atoms with E-state index in [1.807, 2.05) is 6.92 Å². The highest BCUT2D eigenvalue weighted by Gasteiger charge is 2.29. The topological polar surface area (TPSA) is 46.5 Å². The molecular weight excluding hydrogens is 144 g/mol. The summed E-state index contributed by atoms with van der Waals surface area (Å²) in [6.07, 6.45) is 4.52. The summed E-state index contributed by atoms with van der Waals surface area (Å²) in [5.74, 6) is -0.287. The maximum atomic E-state index is 10.7. The van der Waals surface area contributed by atoms with Crippen molar-refractivity contribution in [2.24, 2.45) is 0 Å². The predicted molar refractivity (Wildman–Crippen MR) is 40.0 cm³/mol. The monoisotopic (exact) mass is 156 g/mol. The number of hydrogen-bond acceptors (Lipinski definition) is 3. The van der Waals surface area contributed by atoms with Crippen LogP contribution in [-0.2, 0) is 9.53 Å². The average molecular weight is 156 g/mol. The highest BCUT2D eigenvalue weighted by atomic mass is 16.6. The van der Waals surface area contributed by atoms with Crippen molar-refractivity contribution < 1.29 is 14.6 Å². The van der Waals surface area contributed by atoms with Crippen LogP contribution in [0.3, 0.4) is 0 Å². The molecular formula is C8H12O3. The van der Waals surface area contributed by atoms with Crippen molar-refractivity contribution in [2.75, 3.05) is 6.61 Å². The lowest BCUT2D eigenvalue weighted by atomic mass is 10.0. The quantitative estimate of drug-likeness (QED) is 0.609. The van der Waals surface area contributed by atoms with Gasteiger partial charge in [-0.25, -0.2) is 4.79 Å². The summed E-state index contributed by atoms with van der Waals surface area (Å²) < 4.78 is 4.99. The molecule has 0 aromatic carbocycles. The van der Waals surface area contributed by atoms with Crippen LogP contribution in [0.1, 0.15) is 19.8 Å². The standard InChI is InChI=1S/C8H12O3/c1-8(4-2-6-9)5-3-7(10)11-8/h3,5,9H,2,4,6H2,1H3. The second-order valence-corrected chi connectivity index (χ2v) is 2.89. The van der Waals surface area contributed by atoms with Crippen LogP contribution in [0.2, 0.25) is 0 Å². The van der Waals surface area contributed by atoms with E-state index in [9.17, 15) is 4.79 Å². The summed E-state index contributed by atoms with van der Waals surface area (Å²) in [5.41, 5.74) is -0.472. The van der Waals surface area contributed by atoms with Gasteiger partial charge < -0.3 is 9.84 Å². The second-order valence-electron chi connectivity index (χ2n) is 2.89. The molecule has 0 bridgehead atoms. The molecule has 3 heteroatoms. The Labute approximate surface area is 65.7 Å². The lowest BCUT2D eigenvalue weighted by Crippen LogP contribution is -2.23. The molecule has 0 aromatic heterocycles. The van der Waals surface area contributed by atoms with Crippen LogP contribution >= 0.6 is 0 Å². The third kappa shape index (κ3) is 2.05. The molecule has 0 spiro atoms. The summed E-state index contributed by atoms with van der Waals surface area (Å²) in [4.78, 5) is 10.7. The lowest BCUT2D eigenvalue weighted by Gasteiger charge is -2.20. The fourth-order valence-corrected chi connectivity index (χ4v) is 1.11. The van der Waals surface area contributed by atoms with Gasteiger partial charge in [-0.15, -0.1) is 0 Å². The molecule has 62 valence electrons. The van der Waals surface area contributed by atoms with Gasteiger partial charge in [0.1, 0.15) is 5.60 Å². The minimum Gasteiger partial charge on any atom is -0.452 e. The van der Waals surface area contributed by atoms with Crippen molar-refractivity contribution in [3.63, 3.8) is 0 Å². The van der Waals surface area contributed by atoms with Crippen molar-refractivity contribution in [2.45, 2.75) is 25.4 Å². The van der Waals surface area contributed by atoms with Gasteiger partial charge in [-0.3, -0.25) is 0 Å². The Morgan fingerprint density at radius 2 is 2.45 bits per heavy atom. The normalized spacial score (nSPS) is 29.1. The number of carbonyl (C=O) groups is 1. The number of carbonyl (C=O) groups excluding carboxylic acids is 1. The van der Waals surface area contributed by atoms with Gasteiger partial charge in [0.05, 0.1) is 0 Å². The smallest absolute Gasteiger partial charge is 0.331 e. The minimum absolute atomic E-state index is 0.140. The Kier molecular flexibility index (Phi) is 2.29. The Balaban J connectivity index is 2.43. The molecule has 3 nitrogen and oxygen atoms in total. The van der Waals surface area contributed by atoms with E-state index in [0.717, 1.165) is 0 Å². The molecule has 1 unspecified atom stereocenters. The molecule has 0 saturated carbocycles. The fourth-order valence-electron chi connectivity index (χ4n) is 1.11. The van der Waals surface area contributed by atoms with E-state index in [0.29, 0.717) is 12.8 Å². The number of esters is 1. The molecule has 0 aliphatic carbocycles. The molecule has 0 aromatic rings. The van der Waals surface area contributed by atoms with Crippen LogP contribution in [0.4, 0.5) is 0 Å². The summed E-state index contributed by atoms with van der Waals surface area (Å²) in [6.45, 7) is 1.98. The van der Waals surface area contributed by atoms with Gasteiger partial charge in [0.25, 0.3) is 0 Å². The fraction of sp³-hybridized carbons (Fsp3) is 0.625. The second kappa shape index (κ2) is 3.05. The van der Waals surface area contributed by atoms with Crippen molar-refractivity contribution in [1.29, 1.82) is 0 Å². The van der Waals surface area contributed by atoms with E-state index in [2.05, 4.69) is 0 Å². The van der Waals surface area contributed by atoms with E-state index in [4.69, 9.17) is 9.84 Å². The van der Waals surface area contributed by atoms with Crippen molar-refractivity contribution >= 4 is 5.97 Å². The molecule has 1 aliphatic rings. The summed E-state index contributed by atoms with van der Waals surface area (Å²) in [5, 5.41) is 8.54. The van der Waals surface area contributed by atoms with Gasteiger partial charge in [0, 0.05) is 12.7 Å². The largest absolute Gasteiger partial charge is 0.452 e. The Morgan fingerprint density at radius 1 is 1.73 bits per heavy atom. The highest BCUT2D eigenvalue weighted by Crippen LogP contribution is 2.24. The molecule has 1 heterocycles. The first-order valence-corrected chi connectivity index (χ1v) is 3.69. The number of aliphatic hydroxyl groups is 1. The predicted octanol–water partition coefficient (Wildman–Crippen LogP) is 0.631. The van der Waals surface area contributed by atoms with Gasteiger partial charge in [-0.05, 0) is 25.8 Å². The van der Waals surface area contributed by atoms with E-state index in [1.54, 1.807) is 6.08 Å². The first-order chi connectivity index (χ1) is 5.16. The maximum absolute atomic E-state index is 10.7. The number of rotatable bonds is 3. The van der Waals surface area contributed by atoms with Crippen LogP contribution in [0.5, 0.6) is 0 Å². The molecule has 1 N–H and O–H groups in total. The van der Waals surface area contributed by atoms with E-state index in [-0.39, 0.29) is 12.6 Å². The number of cyclic esters (lactones) is 1. The third-order valence-electron chi connectivity index (χ3n) is 1.74. The molecule has 0 amide bonds. The zero-order chi connectivity index (χ0) is 8.32. The summed E-state index contributed by atoms with van der Waals surface area (Å²) in [7, 11) is 0. The van der Waals surface area contributed by atoms with Crippen LogP contribution < -0.4 is 0 Å². The summed E-state index contributed by atoms with van der Waals surface area (Å²) in [6, 6.07) is 0. The molecule has 1 rings (SSSR count). The van der Waals surface area contributed by atoms with Crippen LogP contribution in [0.25, 0.3) is 0 Å². The number of hydrogen-bond donors (Lipinski definition) is 1. The van der Waals surface area contributed by atoms with Crippen LogP contribution in [-0.4, -0.2) is 23.3 Å². The molecule has 0 fully saturated rings. The maximum Gasteiger partial charge on any atom is 0.331 e. The number of ether oxygens (including phenoxy) is 1. The van der Waals surface area contributed by atoms with Crippen LogP contribution in [0, 0.1) is 0 Å². The first-order valence-electron chi connectivity index (χ1n) is 3.69. The molecule has 1 atom stereocenters. The highest BCUT2D eigenvalue weighted by molar-refractivity contribution is 5.85. The third-order valence-corrected chi connectivity index (χ3v) is 1.74. The molecule has 1 aliphatic heterocycles. The average Bonchev–Trinajstić information content (AvgIpc) is 2.28. The Morgan fingerprint density at radius 3 is 2.91 bits per heavy atom. The first kappa shape index (κ1) is 8.27. The van der Waals surface area contributed by atoms with Gasteiger partial charge in [-0.2, -0.15) is 0 Å². The van der Waals surface area contributed by atoms with Crippen molar-refractivity contribution in [3.8, 4) is 0 Å². The minimum atomic E-state index is -0.472. The molecule has 0 saturated heterocycles.